The van der Waals surface area contributed by atoms with Crippen LogP contribution in [-0.2, 0) is 9.59 Å². The predicted molar refractivity (Wildman–Crippen MR) is 33.0 cm³/mol. The zero-order valence-corrected chi connectivity index (χ0v) is 4.20. The lowest BCUT2D eigenvalue weighted by Crippen LogP contribution is -2.24. The van der Waals surface area contributed by atoms with Crippen LogP contribution < -0.4 is 5.73 Å². The maximum absolute atomic E-state index is 9.73. The van der Waals surface area contributed by atoms with Gasteiger partial charge in [0, 0.05) is 0 Å². The molecule has 4 nitrogen and oxygen atoms in total. The Balaban J connectivity index is 0. The van der Waals surface area contributed by atoms with Crippen molar-refractivity contribution >= 4 is 12.3 Å². The van der Waals surface area contributed by atoms with Gasteiger partial charge in [-0.25, -0.2) is 0 Å². The maximum Gasteiger partial charge on any atom is 0.305 e. The number of carboxylic acid groups (broad SMARTS) is 1. The van der Waals surface area contributed by atoms with Gasteiger partial charge >= 0.3 is 5.97 Å². The summed E-state index contributed by atoms with van der Waals surface area (Å²) < 4.78 is 0. The second-order valence-corrected chi connectivity index (χ2v) is 1.40. The van der Waals surface area contributed by atoms with E-state index in [-0.39, 0.29) is 13.8 Å². The number of rotatable bonds is 3. The molecule has 0 heterocycles. The number of hydrogen-bond donors (Lipinski definition) is 2. The largest absolute Gasteiger partial charge is 0.481 e. The number of aliphatic carboxylic acids is 1. The average Bonchev–Trinajstić information content (AvgIpc) is 1.65. The summed E-state index contributed by atoms with van der Waals surface area (Å²) in [6.07, 6.45) is 0.123. The van der Waals surface area contributed by atoms with Crippen LogP contribution in [0.5, 0.6) is 0 Å². The molecule has 0 radical (unpaired) electrons. The fourth-order valence-corrected chi connectivity index (χ4v) is 0.250. The van der Waals surface area contributed by atoms with Crippen molar-refractivity contribution in [3.05, 3.63) is 0 Å². The quantitative estimate of drug-likeness (QED) is 0.514. The van der Waals surface area contributed by atoms with Gasteiger partial charge in [0.25, 0.3) is 0 Å². The van der Waals surface area contributed by atoms with E-state index in [0.29, 0.717) is 6.29 Å². The van der Waals surface area contributed by atoms with Crippen LogP contribution in [0.15, 0.2) is 0 Å². The molecule has 3 N–H and O–H groups in total. The Morgan fingerprint density at radius 1 is 1.78 bits per heavy atom. The Morgan fingerprint density at radius 2 is 2.22 bits per heavy atom. The highest BCUT2D eigenvalue weighted by Gasteiger charge is 2.03. The third-order valence-corrected chi connectivity index (χ3v) is 0.585. The van der Waals surface area contributed by atoms with E-state index in [9.17, 15) is 9.59 Å². The normalized spacial score (nSPS) is 11.2. The van der Waals surface area contributed by atoms with Gasteiger partial charge in [-0.3, -0.25) is 4.79 Å². The predicted octanol–water partition coefficient (Wildman–Crippen LogP) is -0.377. The molecule has 54 valence electrons. The molecule has 0 amide bonds. The fourth-order valence-electron chi connectivity index (χ4n) is 0.250. The first kappa shape index (κ1) is 11.0. The molecule has 0 saturated carbocycles. The van der Waals surface area contributed by atoms with Gasteiger partial charge in [0.1, 0.15) is 6.29 Å². The zero-order valence-electron chi connectivity index (χ0n) is 4.20. The standard InChI is InChI=1S/C4H7NO3.CH4/c5-3(2-6)1-4(7)8;/h2-3H,1,5H2,(H,7,8);1H4/t3-;/m0./s1. The smallest absolute Gasteiger partial charge is 0.305 e. The second kappa shape index (κ2) is 5.24. The summed E-state index contributed by atoms with van der Waals surface area (Å²) in [6.45, 7) is 0. The summed E-state index contributed by atoms with van der Waals surface area (Å²) in [5.41, 5.74) is 4.92. The molecule has 0 aliphatic heterocycles. The average molecular weight is 133 g/mol. The number of hydrogen-bond acceptors (Lipinski definition) is 3. The molecule has 0 spiro atoms. The van der Waals surface area contributed by atoms with Crippen LogP contribution in [0.2, 0.25) is 0 Å². The van der Waals surface area contributed by atoms with Gasteiger partial charge in [0.2, 0.25) is 0 Å². The number of nitrogens with two attached hydrogens (primary N) is 1. The van der Waals surface area contributed by atoms with Gasteiger partial charge in [-0.05, 0) is 0 Å². The van der Waals surface area contributed by atoms with Crippen molar-refractivity contribution in [2.24, 2.45) is 5.73 Å². The van der Waals surface area contributed by atoms with Gasteiger partial charge in [-0.1, -0.05) is 7.43 Å². The Labute approximate surface area is 53.7 Å². The van der Waals surface area contributed by atoms with Crippen LogP contribution in [0.1, 0.15) is 13.8 Å². The molecule has 9 heavy (non-hydrogen) atoms. The summed E-state index contributed by atoms with van der Waals surface area (Å²) in [5.74, 6) is -1.05. The molecule has 0 rings (SSSR count). The molecule has 0 fully saturated rings. The summed E-state index contributed by atoms with van der Waals surface area (Å²) in [7, 11) is 0. The van der Waals surface area contributed by atoms with Gasteiger partial charge in [0.05, 0.1) is 12.5 Å². The van der Waals surface area contributed by atoms with E-state index in [2.05, 4.69) is 0 Å². The molecule has 0 bridgehead atoms. The number of carbonyl (C=O) groups is 2. The van der Waals surface area contributed by atoms with Crippen LogP contribution in [-0.4, -0.2) is 23.4 Å². The van der Waals surface area contributed by atoms with Gasteiger partial charge in [-0.2, -0.15) is 0 Å². The van der Waals surface area contributed by atoms with Gasteiger partial charge < -0.3 is 15.6 Å². The molecule has 0 unspecified atom stereocenters. The molecular formula is C5H11NO3. The summed E-state index contributed by atoms with van der Waals surface area (Å²) >= 11 is 0. The van der Waals surface area contributed by atoms with E-state index >= 15 is 0 Å². The Morgan fingerprint density at radius 3 is 2.33 bits per heavy atom. The van der Waals surface area contributed by atoms with E-state index in [0.717, 1.165) is 0 Å². The zero-order chi connectivity index (χ0) is 6.57. The van der Waals surface area contributed by atoms with E-state index < -0.39 is 12.0 Å². The van der Waals surface area contributed by atoms with Crippen molar-refractivity contribution in [1.82, 2.24) is 0 Å². The maximum atomic E-state index is 9.73. The number of carboxylic acids is 1. The van der Waals surface area contributed by atoms with Crippen LogP contribution >= 0.6 is 0 Å². The molecule has 0 saturated heterocycles. The highest BCUT2D eigenvalue weighted by Crippen LogP contribution is 1.80. The van der Waals surface area contributed by atoms with E-state index in [1.54, 1.807) is 0 Å². The third kappa shape index (κ3) is 7.10. The highest BCUT2D eigenvalue weighted by atomic mass is 16.4. The van der Waals surface area contributed by atoms with Crippen LogP contribution in [0, 0.1) is 0 Å². The first-order valence-electron chi connectivity index (χ1n) is 2.09. The molecular weight excluding hydrogens is 122 g/mol. The number of carbonyl (C=O) groups excluding carboxylic acids is 1. The minimum Gasteiger partial charge on any atom is -0.481 e. The Hall–Kier alpha value is -0.900. The van der Waals surface area contributed by atoms with E-state index in [1.165, 1.54) is 0 Å². The lowest BCUT2D eigenvalue weighted by Gasteiger charge is -1.94. The topological polar surface area (TPSA) is 80.4 Å². The van der Waals surface area contributed by atoms with Crippen LogP contribution in [0.4, 0.5) is 0 Å². The second-order valence-electron chi connectivity index (χ2n) is 1.40. The monoisotopic (exact) mass is 133 g/mol. The van der Waals surface area contributed by atoms with Crippen molar-refractivity contribution in [3.8, 4) is 0 Å². The first-order valence-corrected chi connectivity index (χ1v) is 2.09. The van der Waals surface area contributed by atoms with E-state index in [4.69, 9.17) is 10.8 Å². The first-order chi connectivity index (χ1) is 3.66. The van der Waals surface area contributed by atoms with Gasteiger partial charge in [0.15, 0.2) is 0 Å². The summed E-state index contributed by atoms with van der Waals surface area (Å²) in [4.78, 5) is 19.4. The molecule has 0 aromatic rings. The highest BCUT2D eigenvalue weighted by molar-refractivity contribution is 5.73. The number of aldehydes is 1. The van der Waals surface area contributed by atoms with Crippen molar-refractivity contribution in [3.63, 3.8) is 0 Å². The van der Waals surface area contributed by atoms with Crippen molar-refractivity contribution < 1.29 is 14.7 Å². The Kier molecular flexibility index (Phi) is 6.39. The minimum absolute atomic E-state index is 0. The SMILES string of the molecule is C.N[C@H](C=O)CC(=O)O. The molecule has 0 aromatic heterocycles. The van der Waals surface area contributed by atoms with E-state index in [1.807, 2.05) is 0 Å². The summed E-state index contributed by atoms with van der Waals surface area (Å²) in [6, 6.07) is -0.854. The van der Waals surface area contributed by atoms with Crippen molar-refractivity contribution in [2.75, 3.05) is 0 Å². The summed E-state index contributed by atoms with van der Waals surface area (Å²) in [5, 5.41) is 7.98. The van der Waals surface area contributed by atoms with Crippen LogP contribution in [0.25, 0.3) is 0 Å². The molecule has 1 atom stereocenters. The van der Waals surface area contributed by atoms with Crippen molar-refractivity contribution in [1.29, 1.82) is 0 Å². The molecule has 0 aliphatic rings. The third-order valence-electron chi connectivity index (χ3n) is 0.585. The van der Waals surface area contributed by atoms with Gasteiger partial charge in [-0.15, -0.1) is 0 Å². The molecule has 0 aliphatic carbocycles. The van der Waals surface area contributed by atoms with Crippen molar-refractivity contribution in [2.45, 2.75) is 19.9 Å². The molecule has 0 aromatic carbocycles. The lowest BCUT2D eigenvalue weighted by molar-refractivity contribution is -0.138. The lowest BCUT2D eigenvalue weighted by atomic mass is 10.2. The molecule has 4 heteroatoms. The Bertz CT molecular complexity index is 102. The van der Waals surface area contributed by atoms with Crippen LogP contribution in [0.3, 0.4) is 0 Å². The fraction of sp³-hybridized carbons (Fsp3) is 0.600. The minimum atomic E-state index is -1.05.